The zero-order valence-corrected chi connectivity index (χ0v) is 31.3. The van der Waals surface area contributed by atoms with E-state index in [1.54, 1.807) is 50.8 Å². The number of methoxy groups -OCH3 is 2. The van der Waals surface area contributed by atoms with E-state index in [-0.39, 0.29) is 36.6 Å². The molecule has 0 saturated carbocycles. The molecule has 1 aliphatic heterocycles. The van der Waals surface area contributed by atoms with Crippen molar-refractivity contribution in [2.45, 2.75) is 65.7 Å². The van der Waals surface area contributed by atoms with Crippen LogP contribution in [0.25, 0.3) is 10.9 Å². The molecule has 2 aliphatic carbocycles. The second-order valence-electron chi connectivity index (χ2n) is 13.7. The summed E-state index contributed by atoms with van der Waals surface area (Å²) in [6.07, 6.45) is 14.3. The Morgan fingerprint density at radius 3 is 2.54 bits per heavy atom. The third kappa shape index (κ3) is 10.0. The van der Waals surface area contributed by atoms with Crippen LogP contribution in [0.2, 0.25) is 0 Å². The van der Waals surface area contributed by atoms with Gasteiger partial charge in [-0.3, -0.25) is 9.78 Å². The maximum absolute atomic E-state index is 14.2. The monoisotopic (exact) mass is 734 g/mol. The van der Waals surface area contributed by atoms with E-state index in [1.165, 1.54) is 6.08 Å². The number of urea groups is 1. The number of halogens is 2. The average molecular weight is 735 g/mol. The van der Waals surface area contributed by atoms with Gasteiger partial charge in [0.2, 0.25) is 5.91 Å². The Morgan fingerprint density at radius 1 is 1.02 bits per heavy atom. The molecule has 3 amide bonds. The summed E-state index contributed by atoms with van der Waals surface area (Å²) in [5.74, 6) is 1.73. The predicted molar refractivity (Wildman–Crippen MR) is 201 cm³/mol. The largest absolute Gasteiger partial charge is 0.493 e. The molecule has 0 bridgehead atoms. The van der Waals surface area contributed by atoms with Crippen LogP contribution in [0.3, 0.4) is 0 Å². The smallest absolute Gasteiger partial charge is 0.323 e. The van der Waals surface area contributed by atoms with Crippen LogP contribution in [0.4, 0.5) is 9.18 Å². The number of aromatic nitrogens is 1. The fourth-order valence-electron chi connectivity index (χ4n) is 6.32. The molecule has 1 aromatic heterocycles. The van der Waals surface area contributed by atoms with Crippen molar-refractivity contribution < 1.29 is 32.9 Å². The van der Waals surface area contributed by atoms with Gasteiger partial charge >= 0.3 is 6.03 Å². The van der Waals surface area contributed by atoms with Crippen molar-refractivity contribution in [1.82, 2.24) is 20.5 Å². The highest BCUT2D eigenvalue weighted by molar-refractivity contribution is 6.32. The zero-order chi connectivity index (χ0) is 37.3. The number of nitrogens with one attached hydrogen (secondary N) is 2. The quantitative estimate of drug-likeness (QED) is 0.238. The van der Waals surface area contributed by atoms with E-state index in [0.717, 1.165) is 18.4 Å². The summed E-state index contributed by atoms with van der Waals surface area (Å²) < 4.78 is 37.8. The molecule has 0 unspecified atom stereocenters. The van der Waals surface area contributed by atoms with E-state index in [2.05, 4.69) is 22.5 Å². The van der Waals surface area contributed by atoms with Crippen molar-refractivity contribution in [3.05, 3.63) is 93.9 Å². The first-order valence-corrected chi connectivity index (χ1v) is 18.0. The van der Waals surface area contributed by atoms with Crippen LogP contribution in [0.1, 0.15) is 65.7 Å². The van der Waals surface area contributed by atoms with Crippen molar-refractivity contribution in [1.29, 1.82) is 0 Å². The number of ether oxygens (including phenoxy) is 4. The molecule has 2 aromatic rings. The summed E-state index contributed by atoms with van der Waals surface area (Å²) in [7, 11) is 3.27. The fourth-order valence-corrected chi connectivity index (χ4v) is 6.53. The Kier molecular flexibility index (Phi) is 13.2. The normalized spacial score (nSPS) is 23.4. The number of pyridine rings is 1. The molecule has 0 atom stereocenters. The number of hydrogen-bond donors (Lipinski definition) is 2. The van der Waals surface area contributed by atoms with E-state index in [9.17, 15) is 14.0 Å². The number of amides is 3. The molecule has 52 heavy (non-hydrogen) atoms. The minimum Gasteiger partial charge on any atom is -0.493 e. The maximum Gasteiger partial charge on any atom is 0.323 e. The van der Waals surface area contributed by atoms with Crippen LogP contribution in [-0.4, -0.2) is 62.3 Å². The van der Waals surface area contributed by atoms with Crippen LogP contribution in [-0.2, 0) is 9.53 Å². The van der Waals surface area contributed by atoms with E-state index in [4.69, 9.17) is 30.5 Å². The summed E-state index contributed by atoms with van der Waals surface area (Å²) in [6, 6.07) is 4.82. The minimum atomic E-state index is -0.517. The summed E-state index contributed by atoms with van der Waals surface area (Å²) in [6.45, 7) is 8.23. The Hall–Kier alpha value is -4.61. The molecule has 1 fully saturated rings. The summed E-state index contributed by atoms with van der Waals surface area (Å²) in [4.78, 5) is 32.4. The van der Waals surface area contributed by atoms with E-state index in [0.29, 0.717) is 94.9 Å². The topological polar surface area (TPSA) is 111 Å². The molecular formula is C40H48ClFN4O6. The lowest BCUT2D eigenvalue weighted by Gasteiger charge is -2.39. The van der Waals surface area contributed by atoms with Crippen molar-refractivity contribution >= 4 is 34.4 Å². The van der Waals surface area contributed by atoms with E-state index in [1.807, 2.05) is 30.9 Å². The molecular weight excluding hydrogens is 687 g/mol. The fraction of sp³-hybridized carbons (Fsp3) is 0.425. The molecule has 5 rings (SSSR count). The Balaban J connectivity index is 1.24. The SMILES string of the molecule is COCC1(C)CCN(C(=O)CCOc2cc3nccc(OC4=CCC/C=C(NC(=O)N/C5=C/C/C(C)=C\C=C(\F)C5)\C(Cl)=C/4C)c3cc2OC)CC1. The summed E-state index contributed by atoms with van der Waals surface area (Å²) >= 11 is 6.86. The molecule has 1 aromatic carbocycles. The highest BCUT2D eigenvalue weighted by Gasteiger charge is 2.31. The number of piperidine rings is 1. The number of rotatable bonds is 11. The van der Waals surface area contributed by atoms with E-state index >= 15 is 0 Å². The van der Waals surface area contributed by atoms with Gasteiger partial charge in [-0.25, -0.2) is 9.18 Å². The van der Waals surface area contributed by atoms with Gasteiger partial charge < -0.3 is 34.5 Å². The van der Waals surface area contributed by atoms with Gasteiger partial charge in [0, 0.05) is 55.5 Å². The first-order chi connectivity index (χ1) is 25.0. The van der Waals surface area contributed by atoms with Gasteiger partial charge in [-0.15, -0.1) is 0 Å². The average Bonchev–Trinajstić information content (AvgIpc) is 3.12. The van der Waals surface area contributed by atoms with Crippen molar-refractivity contribution in [2.75, 3.05) is 40.5 Å². The number of allylic oxidation sites excluding steroid dienone is 9. The number of nitrogens with zero attached hydrogens (tertiary/aromatic N) is 2. The highest BCUT2D eigenvalue weighted by atomic mass is 35.5. The van der Waals surface area contributed by atoms with Crippen LogP contribution < -0.4 is 24.8 Å². The predicted octanol–water partition coefficient (Wildman–Crippen LogP) is 8.52. The van der Waals surface area contributed by atoms with Gasteiger partial charge in [-0.2, -0.15) is 0 Å². The van der Waals surface area contributed by atoms with Gasteiger partial charge in [0.1, 0.15) is 17.3 Å². The van der Waals surface area contributed by atoms with E-state index < -0.39 is 6.03 Å². The molecule has 10 nitrogen and oxygen atoms in total. The van der Waals surface area contributed by atoms with Crippen LogP contribution >= 0.6 is 11.6 Å². The van der Waals surface area contributed by atoms with Crippen molar-refractivity contribution in [3.8, 4) is 17.2 Å². The Labute approximate surface area is 310 Å². The Bertz CT molecular complexity index is 1860. The molecule has 2 heterocycles. The zero-order valence-electron chi connectivity index (χ0n) is 30.6. The number of hydrogen-bond acceptors (Lipinski definition) is 7. The number of fused-ring (bicyclic) bond motifs is 1. The summed E-state index contributed by atoms with van der Waals surface area (Å²) in [5, 5.41) is 6.60. The molecule has 278 valence electrons. The molecule has 3 aliphatic rings. The molecule has 1 saturated heterocycles. The molecule has 0 spiro atoms. The number of carbonyl (C=O) groups excluding carboxylic acids is 2. The first-order valence-electron chi connectivity index (χ1n) is 17.6. The van der Waals surface area contributed by atoms with Crippen LogP contribution in [0, 0.1) is 5.41 Å². The van der Waals surface area contributed by atoms with Crippen LogP contribution in [0.5, 0.6) is 17.2 Å². The van der Waals surface area contributed by atoms with Crippen molar-refractivity contribution in [2.24, 2.45) is 5.41 Å². The van der Waals surface area contributed by atoms with Gasteiger partial charge in [-0.05, 0) is 75.7 Å². The first kappa shape index (κ1) is 38.6. The lowest BCUT2D eigenvalue weighted by Crippen LogP contribution is -2.44. The molecule has 2 N–H and O–H groups in total. The maximum atomic E-state index is 14.2. The Morgan fingerprint density at radius 2 is 1.79 bits per heavy atom. The minimum absolute atomic E-state index is 0.00803. The lowest BCUT2D eigenvalue weighted by atomic mass is 9.81. The second kappa shape index (κ2) is 17.7. The van der Waals surface area contributed by atoms with Crippen molar-refractivity contribution in [3.63, 3.8) is 0 Å². The van der Waals surface area contributed by atoms with Gasteiger partial charge in [0.15, 0.2) is 11.5 Å². The van der Waals surface area contributed by atoms with Crippen LogP contribution in [0.15, 0.2) is 93.9 Å². The van der Waals surface area contributed by atoms with Gasteiger partial charge in [0.25, 0.3) is 0 Å². The van der Waals surface area contributed by atoms with Gasteiger partial charge in [-0.1, -0.05) is 42.3 Å². The number of benzene rings is 1. The summed E-state index contributed by atoms with van der Waals surface area (Å²) in [5.41, 5.74) is 3.21. The second-order valence-corrected chi connectivity index (χ2v) is 14.1. The third-order valence-corrected chi connectivity index (χ3v) is 9.96. The number of carbonyl (C=O) groups is 2. The number of likely N-dealkylation sites (tertiary alicyclic amines) is 1. The molecule has 12 heteroatoms. The standard InChI is InChI=1S/C40H48ClFN4O6/c1-26-10-12-28(42)22-29(13-11-26)44-39(48)45-31-8-6-7-9-33(27(2)38(31)41)52-34-14-18-43-32-24-36(35(50-5)23-30(32)34)51-21-15-37(47)46-19-16-40(3,17-20-46)25-49-4/h8-10,12-14,18,23-24H,6-7,11,15-17,19-22,25H2,1-5H3,(H2,44,45,48)/b26-10-,28-12+,29-13+,31-8+,33-9?,38-27+. The van der Waals surface area contributed by atoms with Gasteiger partial charge in [0.05, 0.1) is 43.0 Å². The third-order valence-electron chi connectivity index (χ3n) is 9.48. The highest BCUT2D eigenvalue weighted by Crippen LogP contribution is 2.38. The lowest BCUT2D eigenvalue weighted by molar-refractivity contribution is -0.134. The molecule has 0 radical (unpaired) electrons.